The molecular weight excluding hydrogens is 182 g/mol. The van der Waals surface area contributed by atoms with Crippen molar-refractivity contribution in [3.63, 3.8) is 0 Å². The first-order valence-corrected chi connectivity index (χ1v) is 1.54. The van der Waals surface area contributed by atoms with Gasteiger partial charge in [-0.3, -0.25) is 4.79 Å². The molecule has 0 saturated carbocycles. The van der Waals surface area contributed by atoms with Crippen molar-refractivity contribution in [3.8, 4) is 0 Å². The Balaban J connectivity index is -0.0000000300. The van der Waals surface area contributed by atoms with Crippen molar-refractivity contribution in [1.82, 2.24) is 0 Å². The predicted molar refractivity (Wildman–Crippen MR) is 18.7 cm³/mol. The van der Waals surface area contributed by atoms with Gasteiger partial charge in [0.25, 0.3) is 5.97 Å². The molecule has 0 heterocycles. The molecule has 57 valence electrons. The SMILES string of the molecule is CC(=O)O.O=C([O-])[O-].[Co].[Li+]. The second-order valence-corrected chi connectivity index (χ2v) is 0.769. The number of carboxylic acid groups (broad SMARTS) is 3. The van der Waals surface area contributed by atoms with Crippen LogP contribution in [0.3, 0.4) is 0 Å². The summed E-state index contributed by atoms with van der Waals surface area (Å²) in [5.41, 5.74) is 0. The van der Waals surface area contributed by atoms with Gasteiger partial charge in [-0.2, -0.15) is 0 Å². The predicted octanol–water partition coefficient (Wildman–Crippen LogP) is -5.35. The van der Waals surface area contributed by atoms with Crippen LogP contribution < -0.4 is 29.1 Å². The van der Waals surface area contributed by atoms with Crippen LogP contribution >= 0.6 is 0 Å². The summed E-state index contributed by atoms with van der Waals surface area (Å²) < 4.78 is 0. The first-order valence-electron chi connectivity index (χ1n) is 1.54. The molecule has 0 atom stereocenters. The van der Waals surface area contributed by atoms with Gasteiger partial charge < -0.3 is 20.1 Å². The minimum atomic E-state index is -2.33. The fourth-order valence-electron chi connectivity index (χ4n) is 0. The van der Waals surface area contributed by atoms with E-state index in [1.54, 1.807) is 0 Å². The fraction of sp³-hybridized carbons (Fsp3) is 0.333. The Kier molecular flexibility index (Phi) is 35.9. The molecule has 0 spiro atoms. The van der Waals surface area contributed by atoms with Gasteiger partial charge in [-0.05, 0) is 6.16 Å². The zero-order chi connectivity index (χ0) is 7.15. The van der Waals surface area contributed by atoms with Gasteiger partial charge >= 0.3 is 18.9 Å². The minimum absolute atomic E-state index is 0. The summed E-state index contributed by atoms with van der Waals surface area (Å²) in [7, 11) is 0. The fourth-order valence-corrected chi connectivity index (χ4v) is 0. The summed E-state index contributed by atoms with van der Waals surface area (Å²) in [6, 6.07) is 0. The summed E-state index contributed by atoms with van der Waals surface area (Å²) in [4.78, 5) is 17.3. The van der Waals surface area contributed by atoms with Crippen molar-refractivity contribution in [1.29, 1.82) is 0 Å². The van der Waals surface area contributed by atoms with Gasteiger partial charge in [0, 0.05) is 23.7 Å². The average Bonchev–Trinajstić information content (AvgIpc) is 1.25. The third-order valence-electron chi connectivity index (χ3n) is 0. The maximum atomic E-state index is 9.00. The van der Waals surface area contributed by atoms with Crippen molar-refractivity contribution < 1.29 is 60.5 Å². The molecule has 0 bridgehead atoms. The minimum Gasteiger partial charge on any atom is -0.652 e. The van der Waals surface area contributed by atoms with E-state index in [1.165, 1.54) is 0 Å². The first-order chi connectivity index (χ1) is 3.46. The molecule has 1 radical (unpaired) electrons. The summed E-state index contributed by atoms with van der Waals surface area (Å²) in [6.07, 6.45) is -2.33. The molecule has 0 aromatic heterocycles. The van der Waals surface area contributed by atoms with Crippen LogP contribution in [-0.4, -0.2) is 17.2 Å². The zero-order valence-electron chi connectivity index (χ0n) is 5.41. The standard InChI is InChI=1S/C2H4O2.CH2O3.Co.Li/c1-2(3)4;2-1(3)4;;/h1H3,(H,3,4);(H2,2,3,4);;/q;;;+1/p-2. The van der Waals surface area contributed by atoms with Crippen LogP contribution in [0.2, 0.25) is 0 Å². The summed E-state index contributed by atoms with van der Waals surface area (Å²) >= 11 is 0. The Labute approximate surface area is 79.8 Å². The van der Waals surface area contributed by atoms with Crippen LogP contribution in [0.25, 0.3) is 0 Å². The molecule has 7 heteroatoms. The molecule has 0 unspecified atom stereocenters. The molecule has 5 nitrogen and oxygen atoms in total. The van der Waals surface area contributed by atoms with Crippen molar-refractivity contribution in [3.05, 3.63) is 0 Å². The third-order valence-corrected chi connectivity index (χ3v) is 0. The monoisotopic (exact) mass is 186 g/mol. The molecule has 0 amide bonds. The Hall–Kier alpha value is -0.156. The van der Waals surface area contributed by atoms with Crippen molar-refractivity contribution in [2.24, 2.45) is 0 Å². The third kappa shape index (κ3) is 15100. The maximum Gasteiger partial charge on any atom is 1.00 e. The van der Waals surface area contributed by atoms with Gasteiger partial charge in [0.15, 0.2) is 0 Å². The molecular formula is C3H4CoLiO5-. The summed E-state index contributed by atoms with van der Waals surface area (Å²) in [5, 5.41) is 24.1. The van der Waals surface area contributed by atoms with E-state index in [0.717, 1.165) is 6.92 Å². The number of carbonyl (C=O) groups excluding carboxylic acids is 1. The quantitative estimate of drug-likeness (QED) is 0.380. The molecule has 0 rings (SSSR count). The maximum absolute atomic E-state index is 9.00. The number of carboxylic acids is 1. The second-order valence-electron chi connectivity index (χ2n) is 0.769. The Morgan fingerprint density at radius 2 is 1.30 bits per heavy atom. The molecule has 0 aliphatic carbocycles. The van der Waals surface area contributed by atoms with Crippen LogP contribution in [0.4, 0.5) is 4.79 Å². The van der Waals surface area contributed by atoms with E-state index in [1.807, 2.05) is 0 Å². The molecule has 0 fully saturated rings. The van der Waals surface area contributed by atoms with Gasteiger partial charge in [0.2, 0.25) is 0 Å². The second kappa shape index (κ2) is 15.9. The molecule has 1 N–H and O–H groups in total. The van der Waals surface area contributed by atoms with Crippen LogP contribution in [0, 0.1) is 0 Å². The number of hydrogen-bond donors (Lipinski definition) is 1. The van der Waals surface area contributed by atoms with Crippen molar-refractivity contribution >= 4 is 12.1 Å². The summed E-state index contributed by atoms with van der Waals surface area (Å²) in [5.74, 6) is -0.833. The molecule has 0 saturated heterocycles. The van der Waals surface area contributed by atoms with Gasteiger partial charge in [-0.25, -0.2) is 0 Å². The van der Waals surface area contributed by atoms with E-state index in [-0.39, 0.29) is 35.6 Å². The molecule has 0 aromatic rings. The van der Waals surface area contributed by atoms with Gasteiger partial charge in [-0.1, -0.05) is 0 Å². The topological polar surface area (TPSA) is 100 Å². The number of hydrogen-bond acceptors (Lipinski definition) is 4. The Bertz CT molecular complexity index is 74.9. The van der Waals surface area contributed by atoms with Gasteiger partial charge in [-0.15, -0.1) is 0 Å². The first kappa shape index (κ1) is 22.5. The van der Waals surface area contributed by atoms with Gasteiger partial charge in [0.05, 0.1) is 0 Å². The summed E-state index contributed by atoms with van der Waals surface area (Å²) in [6.45, 7) is 1.08. The van der Waals surface area contributed by atoms with Crippen molar-refractivity contribution in [2.45, 2.75) is 6.92 Å². The van der Waals surface area contributed by atoms with Crippen LogP contribution in [-0.2, 0) is 21.6 Å². The molecule has 0 aliphatic rings. The van der Waals surface area contributed by atoms with Gasteiger partial charge in [0.1, 0.15) is 0 Å². The van der Waals surface area contributed by atoms with E-state index in [2.05, 4.69) is 0 Å². The number of aliphatic carboxylic acids is 1. The van der Waals surface area contributed by atoms with E-state index in [0.29, 0.717) is 0 Å². The molecule has 0 aliphatic heterocycles. The van der Waals surface area contributed by atoms with Crippen LogP contribution in [0.5, 0.6) is 0 Å². The van der Waals surface area contributed by atoms with Crippen LogP contribution in [0.1, 0.15) is 6.92 Å². The number of rotatable bonds is 0. The van der Waals surface area contributed by atoms with E-state index >= 15 is 0 Å². The molecule has 0 aromatic carbocycles. The normalized spacial score (nSPS) is 4.90. The number of carbonyl (C=O) groups is 2. The van der Waals surface area contributed by atoms with E-state index in [4.69, 9.17) is 24.9 Å². The van der Waals surface area contributed by atoms with Crippen molar-refractivity contribution in [2.75, 3.05) is 0 Å². The zero-order valence-corrected chi connectivity index (χ0v) is 6.45. The van der Waals surface area contributed by atoms with Crippen LogP contribution in [0.15, 0.2) is 0 Å². The average molecular weight is 186 g/mol. The smallest absolute Gasteiger partial charge is 0.652 e. The Morgan fingerprint density at radius 1 is 1.30 bits per heavy atom. The largest absolute Gasteiger partial charge is 1.00 e. The van der Waals surface area contributed by atoms with E-state index < -0.39 is 12.1 Å². The Morgan fingerprint density at radius 3 is 1.30 bits per heavy atom. The molecule has 10 heavy (non-hydrogen) atoms. The van der Waals surface area contributed by atoms with E-state index in [9.17, 15) is 0 Å².